The first-order valence-corrected chi connectivity index (χ1v) is 11.3. The molecule has 0 saturated carbocycles. The van der Waals surface area contributed by atoms with E-state index in [2.05, 4.69) is 0 Å². The molecule has 2 heterocycles. The molecule has 0 aromatic heterocycles. The topological polar surface area (TPSA) is 46.5 Å². The van der Waals surface area contributed by atoms with E-state index in [0.717, 1.165) is 18.4 Å². The van der Waals surface area contributed by atoms with Gasteiger partial charge in [-0.15, -0.1) is 0 Å². The third-order valence-corrected chi connectivity index (χ3v) is 8.08. The number of hydrogen-bond donors (Lipinski definition) is 1. The van der Waals surface area contributed by atoms with Crippen LogP contribution < -0.4 is 0 Å². The summed E-state index contributed by atoms with van der Waals surface area (Å²) in [6, 6.07) is 8.71. The van der Waals surface area contributed by atoms with Crippen molar-refractivity contribution in [1.29, 1.82) is 0 Å². The molecule has 1 aliphatic carbocycles. The highest BCUT2D eigenvalue weighted by Crippen LogP contribution is 2.63. The first kappa shape index (κ1) is 21.0. The molecule has 2 bridgehead atoms. The fourth-order valence-corrected chi connectivity index (χ4v) is 6.37. The molecule has 4 atom stereocenters. The zero-order valence-electron chi connectivity index (χ0n) is 17.6. The summed E-state index contributed by atoms with van der Waals surface area (Å²) >= 11 is 12.1. The number of hydrogen-bond acceptors (Lipinski definition) is 3. The van der Waals surface area contributed by atoms with Gasteiger partial charge in [0.25, 0.3) is 0 Å². The maximum Gasteiger partial charge on any atom is 0.173 e. The highest BCUT2D eigenvalue weighted by atomic mass is 35.5. The lowest BCUT2D eigenvalue weighted by Crippen LogP contribution is -2.39. The number of aliphatic hydroxyl groups is 1. The number of ether oxygens (including phenoxy) is 1. The van der Waals surface area contributed by atoms with Crippen molar-refractivity contribution < 1.29 is 19.0 Å². The minimum Gasteiger partial charge on any atom is -0.511 e. The predicted octanol–water partition coefficient (Wildman–Crippen LogP) is 6.79. The van der Waals surface area contributed by atoms with Crippen molar-refractivity contribution in [2.45, 2.75) is 51.2 Å². The van der Waals surface area contributed by atoms with Gasteiger partial charge in [-0.25, -0.2) is 4.39 Å². The number of allylic oxidation sites excluding steroid dienone is 1. The Kier molecular flexibility index (Phi) is 4.61. The maximum absolute atomic E-state index is 14.3. The number of ketones is 1. The Labute approximate surface area is 190 Å². The average molecular weight is 461 g/mol. The zero-order chi connectivity index (χ0) is 22.3. The average Bonchev–Trinajstić information content (AvgIpc) is 3.29. The molecule has 3 aliphatic rings. The molecule has 0 spiro atoms. The Bertz CT molecular complexity index is 1170. The van der Waals surface area contributed by atoms with E-state index >= 15 is 0 Å². The van der Waals surface area contributed by atoms with Crippen molar-refractivity contribution >= 4 is 34.6 Å². The molecule has 31 heavy (non-hydrogen) atoms. The van der Waals surface area contributed by atoms with E-state index in [-0.39, 0.29) is 33.4 Å². The molecule has 2 aromatic carbocycles. The van der Waals surface area contributed by atoms with Crippen molar-refractivity contribution in [2.24, 2.45) is 11.8 Å². The van der Waals surface area contributed by atoms with Gasteiger partial charge in [0.05, 0.1) is 38.7 Å². The lowest BCUT2D eigenvalue weighted by molar-refractivity contribution is -0.121. The second-order valence-corrected chi connectivity index (χ2v) is 10.0. The standard InChI is InChI=1S/C25H23Cl2FO3/c1-4-12-5-6-13(14-7-8-16(26)21(28)20(14)27)11-15(12)17-22(29)18-19(23(17)30)25(3)10-9-24(18,2)31-25/h5-8,11,18-19,29H,4,9-10H2,1-3H3/t18-,19+,24?,25?/m1/s1. The van der Waals surface area contributed by atoms with E-state index in [1.807, 2.05) is 39.0 Å². The van der Waals surface area contributed by atoms with E-state index in [0.29, 0.717) is 28.7 Å². The molecule has 2 unspecified atom stereocenters. The first-order chi connectivity index (χ1) is 14.6. The minimum atomic E-state index is -0.676. The summed E-state index contributed by atoms with van der Waals surface area (Å²) in [5.74, 6) is -1.36. The summed E-state index contributed by atoms with van der Waals surface area (Å²) < 4.78 is 20.5. The van der Waals surface area contributed by atoms with Gasteiger partial charge in [-0.05, 0) is 61.9 Å². The number of aryl methyl sites for hydroxylation is 1. The van der Waals surface area contributed by atoms with Crippen LogP contribution in [0.2, 0.25) is 10.0 Å². The van der Waals surface area contributed by atoms with Crippen molar-refractivity contribution in [1.82, 2.24) is 0 Å². The second kappa shape index (κ2) is 6.81. The molecule has 2 aromatic rings. The molecule has 0 amide bonds. The lowest BCUT2D eigenvalue weighted by atomic mass is 9.68. The summed E-state index contributed by atoms with van der Waals surface area (Å²) in [6.45, 7) is 5.97. The van der Waals surface area contributed by atoms with Gasteiger partial charge >= 0.3 is 0 Å². The summed E-state index contributed by atoms with van der Waals surface area (Å²) in [4.78, 5) is 13.6. The molecule has 5 rings (SSSR count). The Morgan fingerprint density at radius 1 is 1.10 bits per heavy atom. The summed E-state index contributed by atoms with van der Waals surface area (Å²) in [5, 5.41) is 11.2. The van der Waals surface area contributed by atoms with Crippen LogP contribution >= 0.6 is 23.2 Å². The van der Waals surface area contributed by atoms with E-state index in [1.54, 1.807) is 6.07 Å². The van der Waals surface area contributed by atoms with E-state index in [4.69, 9.17) is 27.9 Å². The smallest absolute Gasteiger partial charge is 0.173 e. The van der Waals surface area contributed by atoms with Crippen LogP contribution in [-0.4, -0.2) is 22.1 Å². The number of fused-ring (bicyclic) bond motifs is 5. The third kappa shape index (κ3) is 2.78. The number of Topliss-reactive ketones (excluding diaryl/α,β-unsaturated/α-hetero) is 1. The van der Waals surface area contributed by atoms with Gasteiger partial charge in [0.2, 0.25) is 0 Å². The largest absolute Gasteiger partial charge is 0.511 e. The Balaban J connectivity index is 1.68. The highest BCUT2D eigenvalue weighted by Gasteiger charge is 2.69. The van der Waals surface area contributed by atoms with Crippen molar-refractivity contribution in [3.63, 3.8) is 0 Å². The molecular weight excluding hydrogens is 438 g/mol. The molecule has 6 heteroatoms. The molecular formula is C25H23Cl2FO3. The number of benzene rings is 2. The normalized spacial score (nSPS) is 31.6. The quantitative estimate of drug-likeness (QED) is 0.512. The molecule has 2 fully saturated rings. The van der Waals surface area contributed by atoms with Crippen LogP contribution in [0.15, 0.2) is 36.1 Å². The summed E-state index contributed by atoms with van der Waals surface area (Å²) in [7, 11) is 0. The number of aliphatic hydroxyl groups excluding tert-OH is 1. The van der Waals surface area contributed by atoms with Crippen LogP contribution in [0.1, 0.15) is 44.7 Å². The Morgan fingerprint density at radius 3 is 2.42 bits per heavy atom. The third-order valence-electron chi connectivity index (χ3n) is 7.42. The molecule has 3 nitrogen and oxygen atoms in total. The molecule has 2 aliphatic heterocycles. The van der Waals surface area contributed by atoms with Gasteiger partial charge in [-0.1, -0.05) is 48.3 Å². The van der Waals surface area contributed by atoms with Crippen LogP contribution in [0, 0.1) is 17.7 Å². The van der Waals surface area contributed by atoms with Crippen molar-refractivity contribution in [3.8, 4) is 11.1 Å². The van der Waals surface area contributed by atoms with Gasteiger partial charge in [-0.3, -0.25) is 4.79 Å². The fourth-order valence-electron chi connectivity index (χ4n) is 5.89. The van der Waals surface area contributed by atoms with E-state index in [9.17, 15) is 14.3 Å². The monoisotopic (exact) mass is 460 g/mol. The van der Waals surface area contributed by atoms with Crippen LogP contribution in [0.5, 0.6) is 0 Å². The molecule has 162 valence electrons. The Morgan fingerprint density at radius 2 is 1.77 bits per heavy atom. The Hall–Kier alpha value is -1.88. The van der Waals surface area contributed by atoms with Gasteiger partial charge in [-0.2, -0.15) is 0 Å². The minimum absolute atomic E-state index is 0.0461. The van der Waals surface area contributed by atoms with E-state index < -0.39 is 17.0 Å². The van der Waals surface area contributed by atoms with Gasteiger partial charge in [0.1, 0.15) is 5.76 Å². The first-order valence-electron chi connectivity index (χ1n) is 10.6. The zero-order valence-corrected chi connectivity index (χ0v) is 19.1. The summed E-state index contributed by atoms with van der Waals surface area (Å²) in [6.07, 6.45) is 2.30. The van der Waals surface area contributed by atoms with E-state index in [1.165, 1.54) is 6.07 Å². The highest BCUT2D eigenvalue weighted by molar-refractivity contribution is 6.36. The number of halogens is 3. The number of carbonyl (C=O) groups is 1. The predicted molar refractivity (Wildman–Crippen MR) is 120 cm³/mol. The summed E-state index contributed by atoms with van der Waals surface area (Å²) in [5.41, 5.74) is 2.03. The van der Waals surface area contributed by atoms with Gasteiger partial charge in [0.15, 0.2) is 11.6 Å². The fraction of sp³-hybridized carbons (Fsp3) is 0.400. The molecule has 2 saturated heterocycles. The SMILES string of the molecule is CCc1ccc(-c2ccc(Cl)c(F)c2Cl)cc1C1=C(O)[C@H]2[C@@H](C1=O)C1(C)CCC2(C)O1. The molecule has 1 N–H and O–H groups in total. The number of rotatable bonds is 3. The van der Waals surface area contributed by atoms with Crippen LogP contribution in [0.25, 0.3) is 16.7 Å². The maximum atomic E-state index is 14.3. The van der Waals surface area contributed by atoms with Gasteiger partial charge < -0.3 is 9.84 Å². The van der Waals surface area contributed by atoms with Crippen LogP contribution in [0.4, 0.5) is 4.39 Å². The van der Waals surface area contributed by atoms with Crippen molar-refractivity contribution in [3.05, 3.63) is 63.1 Å². The van der Waals surface area contributed by atoms with Crippen molar-refractivity contribution in [2.75, 3.05) is 0 Å². The second-order valence-electron chi connectivity index (χ2n) is 9.26. The van der Waals surface area contributed by atoms with Crippen LogP contribution in [-0.2, 0) is 16.0 Å². The lowest BCUT2D eigenvalue weighted by Gasteiger charge is -2.30. The van der Waals surface area contributed by atoms with Gasteiger partial charge in [0, 0.05) is 5.56 Å². The molecule has 0 radical (unpaired) electrons. The van der Waals surface area contributed by atoms with Crippen LogP contribution in [0.3, 0.4) is 0 Å². The number of carbonyl (C=O) groups excluding carboxylic acids is 1.